The number of aromatic nitrogens is 4. The van der Waals surface area contributed by atoms with E-state index in [-0.39, 0.29) is 30.2 Å². The quantitative estimate of drug-likeness (QED) is 0.262. The van der Waals surface area contributed by atoms with Gasteiger partial charge in [0.1, 0.15) is 17.2 Å². The number of piperazine rings is 1. The number of benzene rings is 3. The van der Waals surface area contributed by atoms with Crippen LogP contribution in [0.2, 0.25) is 0 Å². The van der Waals surface area contributed by atoms with Gasteiger partial charge in [0.05, 0.1) is 16.0 Å². The molecule has 3 heterocycles. The van der Waals surface area contributed by atoms with Crippen molar-refractivity contribution in [2.75, 3.05) is 31.1 Å². The third kappa shape index (κ3) is 3.77. The number of nitro benzene ring substituents is 1. The van der Waals surface area contributed by atoms with Gasteiger partial charge in [-0.25, -0.2) is 18.2 Å². The zero-order chi connectivity index (χ0) is 26.4. The van der Waals surface area contributed by atoms with Crippen molar-refractivity contribution in [1.82, 2.24) is 24.5 Å². The fraction of sp³-hybridized carbons (Fsp3) is 0.154. The minimum absolute atomic E-state index is 0.122. The van der Waals surface area contributed by atoms with E-state index in [1.54, 1.807) is 22.6 Å². The molecule has 0 atom stereocenters. The molecule has 3 aromatic carbocycles. The molecule has 6 rings (SSSR count). The van der Waals surface area contributed by atoms with E-state index in [2.05, 4.69) is 10.2 Å². The Kier molecular flexibility index (Phi) is 5.63. The summed E-state index contributed by atoms with van der Waals surface area (Å²) in [4.78, 5) is 32.3. The Labute approximate surface area is 213 Å². The maximum Gasteiger partial charge on any atom is 0.280 e. The first-order chi connectivity index (χ1) is 18.4. The van der Waals surface area contributed by atoms with E-state index in [0.717, 1.165) is 17.5 Å². The first-order valence-electron chi connectivity index (χ1n) is 11.8. The number of anilines is 1. The van der Waals surface area contributed by atoms with Crippen LogP contribution in [0.15, 0.2) is 66.7 Å². The average molecular weight is 515 g/mol. The molecule has 0 spiro atoms. The molecule has 5 aromatic rings. The van der Waals surface area contributed by atoms with Crippen LogP contribution in [0.1, 0.15) is 10.4 Å². The number of nitro groups is 1. The summed E-state index contributed by atoms with van der Waals surface area (Å²) in [7, 11) is 0. The van der Waals surface area contributed by atoms with Crippen molar-refractivity contribution in [3.05, 3.63) is 94.0 Å². The molecule has 2 aromatic heterocycles. The summed E-state index contributed by atoms with van der Waals surface area (Å²) in [6, 6.07) is 16.9. The Morgan fingerprint density at radius 3 is 2.29 bits per heavy atom. The Hall–Kier alpha value is -5.00. The number of carbonyl (C=O) groups is 1. The summed E-state index contributed by atoms with van der Waals surface area (Å²) in [6.45, 7) is 0.977. The molecule has 10 nitrogen and oxygen atoms in total. The molecule has 38 heavy (non-hydrogen) atoms. The highest BCUT2D eigenvalue weighted by molar-refractivity contribution is 5.95. The second kappa shape index (κ2) is 9.14. The number of amides is 1. The minimum Gasteiger partial charge on any atom is -0.338 e. The summed E-state index contributed by atoms with van der Waals surface area (Å²) in [5, 5.41) is 21.1. The predicted octanol–water partition coefficient (Wildman–Crippen LogP) is 4.09. The van der Waals surface area contributed by atoms with Crippen molar-refractivity contribution in [2.24, 2.45) is 0 Å². The monoisotopic (exact) mass is 515 g/mol. The van der Waals surface area contributed by atoms with E-state index in [1.807, 2.05) is 29.2 Å². The lowest BCUT2D eigenvalue weighted by Crippen LogP contribution is -2.49. The molecular weight excluding hydrogens is 496 g/mol. The molecule has 1 aliphatic rings. The SMILES string of the molecule is O=C(c1c(F)cccc1F)N1CCN(c2nc3ccccc3c3nnc(-c4ccccc4[N+](=O)[O-])n23)CC1. The Morgan fingerprint density at radius 1 is 0.868 bits per heavy atom. The van der Waals surface area contributed by atoms with Gasteiger partial charge in [0.15, 0.2) is 11.5 Å². The van der Waals surface area contributed by atoms with Crippen LogP contribution < -0.4 is 4.90 Å². The molecule has 0 bridgehead atoms. The molecule has 1 fully saturated rings. The minimum atomic E-state index is -0.908. The zero-order valence-electron chi connectivity index (χ0n) is 19.8. The van der Waals surface area contributed by atoms with E-state index in [1.165, 1.54) is 17.0 Å². The van der Waals surface area contributed by atoms with Gasteiger partial charge in [-0.05, 0) is 30.3 Å². The van der Waals surface area contributed by atoms with Crippen LogP contribution >= 0.6 is 0 Å². The van der Waals surface area contributed by atoms with Crippen LogP contribution in [0, 0.1) is 21.7 Å². The molecule has 12 heteroatoms. The van der Waals surface area contributed by atoms with Gasteiger partial charge in [-0.1, -0.05) is 30.3 Å². The highest BCUT2D eigenvalue weighted by Gasteiger charge is 2.30. The number of para-hydroxylation sites is 2. The normalized spacial score (nSPS) is 13.8. The first-order valence-corrected chi connectivity index (χ1v) is 11.8. The summed E-state index contributed by atoms with van der Waals surface area (Å²) >= 11 is 0. The maximum absolute atomic E-state index is 14.2. The smallest absolute Gasteiger partial charge is 0.280 e. The molecule has 0 aliphatic carbocycles. The second-order valence-electron chi connectivity index (χ2n) is 8.76. The fourth-order valence-electron chi connectivity index (χ4n) is 4.74. The number of hydrogen-bond acceptors (Lipinski definition) is 7. The summed E-state index contributed by atoms with van der Waals surface area (Å²) in [5.41, 5.74) is 0.717. The summed E-state index contributed by atoms with van der Waals surface area (Å²) in [5.74, 6) is -1.84. The van der Waals surface area contributed by atoms with Gasteiger partial charge >= 0.3 is 0 Å². The van der Waals surface area contributed by atoms with Gasteiger partial charge in [-0.2, -0.15) is 0 Å². The zero-order valence-corrected chi connectivity index (χ0v) is 19.8. The standard InChI is InChI=1S/C26H19F2N7O3/c27-18-8-5-9-19(28)22(18)25(36)32-12-14-33(15-13-32)26-29-20-10-3-1-6-16(20)23-30-31-24(34(23)26)17-7-2-4-11-21(17)35(37)38/h1-11H,12-15H2. The van der Waals surface area contributed by atoms with Crippen molar-refractivity contribution in [3.63, 3.8) is 0 Å². The van der Waals surface area contributed by atoms with Gasteiger partial charge in [0.2, 0.25) is 5.95 Å². The number of nitrogens with zero attached hydrogens (tertiary/aromatic N) is 7. The third-order valence-corrected chi connectivity index (χ3v) is 6.60. The topological polar surface area (TPSA) is 110 Å². The summed E-state index contributed by atoms with van der Waals surface area (Å²) < 4.78 is 30.1. The summed E-state index contributed by atoms with van der Waals surface area (Å²) in [6.07, 6.45) is 0. The first kappa shape index (κ1) is 23.4. The molecule has 1 amide bonds. The van der Waals surface area contributed by atoms with E-state index in [9.17, 15) is 23.7 Å². The molecule has 0 radical (unpaired) electrons. The van der Waals surface area contributed by atoms with Crippen LogP contribution in [0.25, 0.3) is 27.9 Å². The van der Waals surface area contributed by atoms with Gasteiger partial charge in [-0.15, -0.1) is 10.2 Å². The van der Waals surface area contributed by atoms with Crippen LogP contribution in [0.4, 0.5) is 20.4 Å². The van der Waals surface area contributed by atoms with Crippen LogP contribution in [0.3, 0.4) is 0 Å². The maximum atomic E-state index is 14.2. The van der Waals surface area contributed by atoms with E-state index >= 15 is 0 Å². The Morgan fingerprint density at radius 2 is 1.55 bits per heavy atom. The van der Waals surface area contributed by atoms with Gasteiger partial charge in [0, 0.05) is 37.6 Å². The van der Waals surface area contributed by atoms with E-state index < -0.39 is 28.0 Å². The van der Waals surface area contributed by atoms with Gasteiger partial charge in [-0.3, -0.25) is 14.9 Å². The van der Waals surface area contributed by atoms with Crippen molar-refractivity contribution < 1.29 is 18.5 Å². The number of fused-ring (bicyclic) bond motifs is 3. The number of halogens is 2. The number of carbonyl (C=O) groups excluding carboxylic acids is 1. The van der Waals surface area contributed by atoms with Crippen molar-refractivity contribution in [1.29, 1.82) is 0 Å². The van der Waals surface area contributed by atoms with Crippen molar-refractivity contribution >= 4 is 34.1 Å². The van der Waals surface area contributed by atoms with Gasteiger partial charge < -0.3 is 9.80 Å². The molecule has 0 saturated carbocycles. The van der Waals surface area contributed by atoms with E-state index in [4.69, 9.17) is 4.98 Å². The highest BCUT2D eigenvalue weighted by Crippen LogP contribution is 2.33. The highest BCUT2D eigenvalue weighted by atomic mass is 19.1. The molecule has 190 valence electrons. The molecule has 0 N–H and O–H groups in total. The van der Waals surface area contributed by atoms with Crippen LogP contribution in [0.5, 0.6) is 0 Å². The van der Waals surface area contributed by atoms with Gasteiger partial charge in [0.25, 0.3) is 11.6 Å². The lowest BCUT2D eigenvalue weighted by atomic mass is 10.1. The van der Waals surface area contributed by atoms with Crippen molar-refractivity contribution in [2.45, 2.75) is 0 Å². The lowest BCUT2D eigenvalue weighted by molar-refractivity contribution is -0.384. The van der Waals surface area contributed by atoms with Crippen molar-refractivity contribution in [3.8, 4) is 11.4 Å². The van der Waals surface area contributed by atoms with Crippen LogP contribution in [-0.4, -0.2) is 61.5 Å². The fourth-order valence-corrected chi connectivity index (χ4v) is 4.74. The average Bonchev–Trinajstić information content (AvgIpc) is 3.38. The third-order valence-electron chi connectivity index (χ3n) is 6.60. The molecule has 0 unspecified atom stereocenters. The lowest BCUT2D eigenvalue weighted by Gasteiger charge is -2.35. The second-order valence-corrected chi connectivity index (χ2v) is 8.76. The largest absolute Gasteiger partial charge is 0.338 e. The molecule has 1 aliphatic heterocycles. The molecular formula is C26H19F2N7O3. The number of hydrogen-bond donors (Lipinski definition) is 0. The number of rotatable bonds is 4. The predicted molar refractivity (Wildman–Crippen MR) is 135 cm³/mol. The van der Waals surface area contributed by atoms with E-state index in [0.29, 0.717) is 30.2 Å². The Balaban J connectivity index is 1.42. The Bertz CT molecular complexity index is 1710. The molecule has 1 saturated heterocycles. The van der Waals surface area contributed by atoms with Crippen LogP contribution in [-0.2, 0) is 0 Å².